The summed E-state index contributed by atoms with van der Waals surface area (Å²) < 4.78 is 2.10. The van der Waals surface area contributed by atoms with Crippen LogP contribution in [0, 0.1) is 5.92 Å². The molecule has 8 nitrogen and oxygen atoms in total. The quantitative estimate of drug-likeness (QED) is 0.177. The number of H-pyrrole nitrogens is 1. The van der Waals surface area contributed by atoms with Gasteiger partial charge in [-0.25, -0.2) is 4.98 Å². The van der Waals surface area contributed by atoms with Crippen LogP contribution in [-0.4, -0.2) is 42.1 Å². The molecule has 42 heavy (non-hydrogen) atoms. The average Bonchev–Trinajstić information content (AvgIpc) is 3.58. The number of nitrogens with zero attached hydrogens (tertiary/aromatic N) is 5. The summed E-state index contributed by atoms with van der Waals surface area (Å²) in [4.78, 5) is 18.1. The van der Waals surface area contributed by atoms with Gasteiger partial charge in [-0.1, -0.05) is 80.9 Å². The summed E-state index contributed by atoms with van der Waals surface area (Å²) in [5.74, 6) is 2.10. The van der Waals surface area contributed by atoms with Crippen molar-refractivity contribution in [3.63, 3.8) is 0 Å². The molecule has 1 fully saturated rings. The summed E-state index contributed by atoms with van der Waals surface area (Å²) in [7, 11) is 0. The molecule has 2 heterocycles. The molecule has 2 N–H and O–H groups in total. The Morgan fingerprint density at radius 1 is 0.976 bits per heavy atom. The molecule has 1 aliphatic carbocycles. The number of amides is 1. The molecule has 0 saturated heterocycles. The first-order valence-corrected chi connectivity index (χ1v) is 15.0. The number of unbranched alkanes of at least 4 members (excludes halogenated alkanes) is 1. The van der Waals surface area contributed by atoms with Crippen molar-refractivity contribution in [2.45, 2.75) is 65.0 Å². The lowest BCUT2D eigenvalue weighted by Crippen LogP contribution is -2.37. The second-order valence-corrected chi connectivity index (χ2v) is 11.1. The second kappa shape index (κ2) is 12.5. The Morgan fingerprint density at radius 3 is 2.45 bits per heavy atom. The van der Waals surface area contributed by atoms with Gasteiger partial charge in [0.25, 0.3) is 5.91 Å². The zero-order valence-corrected chi connectivity index (χ0v) is 24.3. The van der Waals surface area contributed by atoms with E-state index < -0.39 is 0 Å². The van der Waals surface area contributed by atoms with Gasteiger partial charge in [0, 0.05) is 24.6 Å². The number of hydrogen-bond donors (Lipinski definition) is 2. The van der Waals surface area contributed by atoms with Crippen molar-refractivity contribution in [3.8, 4) is 33.6 Å². The monoisotopic (exact) mass is 559 g/mol. The van der Waals surface area contributed by atoms with Crippen molar-refractivity contribution in [1.82, 2.24) is 35.5 Å². The molecule has 3 aromatic carbocycles. The van der Waals surface area contributed by atoms with Crippen molar-refractivity contribution < 1.29 is 4.79 Å². The molecule has 8 heteroatoms. The van der Waals surface area contributed by atoms with E-state index in [9.17, 15) is 4.79 Å². The Hall–Kier alpha value is -4.59. The van der Waals surface area contributed by atoms with E-state index in [1.807, 2.05) is 18.2 Å². The molecule has 214 valence electrons. The predicted octanol–water partition coefficient (Wildman–Crippen LogP) is 6.71. The smallest absolute Gasteiger partial charge is 0.269 e. The van der Waals surface area contributed by atoms with Crippen molar-refractivity contribution in [3.05, 3.63) is 96.1 Å². The van der Waals surface area contributed by atoms with Crippen molar-refractivity contribution in [2.24, 2.45) is 5.92 Å². The van der Waals surface area contributed by atoms with Crippen LogP contribution in [0.2, 0.25) is 0 Å². The van der Waals surface area contributed by atoms with E-state index in [-0.39, 0.29) is 11.9 Å². The van der Waals surface area contributed by atoms with Crippen LogP contribution in [-0.2, 0) is 13.0 Å². The Balaban J connectivity index is 1.30. The minimum atomic E-state index is -0.0249. The van der Waals surface area contributed by atoms with E-state index in [0.717, 1.165) is 64.9 Å². The Labute approximate surface area is 246 Å². The number of rotatable bonds is 12. The fraction of sp³-hybridized carbons (Fsp3) is 0.324. The maximum atomic E-state index is 13.4. The molecule has 0 aliphatic heterocycles. The second-order valence-electron chi connectivity index (χ2n) is 11.1. The zero-order chi connectivity index (χ0) is 28.9. The number of benzene rings is 3. The predicted molar refractivity (Wildman–Crippen MR) is 165 cm³/mol. The SMILES string of the molecule is CCCCc1ncc(C(=O)N[C@@H](CC)C2CC2)n1Cc1ccc(-c2cc(-c3ccccc3)ccc2-c2nn[nH]n2)cc1. The summed E-state index contributed by atoms with van der Waals surface area (Å²) in [6.45, 7) is 4.91. The molecule has 0 unspecified atom stereocenters. The third kappa shape index (κ3) is 6.03. The van der Waals surface area contributed by atoms with E-state index in [2.05, 4.69) is 104 Å². The third-order valence-electron chi connectivity index (χ3n) is 8.19. The molecule has 1 saturated carbocycles. The summed E-state index contributed by atoms with van der Waals surface area (Å²) in [6, 6.07) is 25.4. The van der Waals surface area contributed by atoms with E-state index in [0.29, 0.717) is 24.0 Å². The molecule has 1 amide bonds. The standard InChI is InChI=1S/C34H37N7O/c1-3-5-11-32-35-21-31(34(42)36-30(4-2)26-16-17-26)41(32)22-23-12-14-25(15-13-23)29-20-27(24-9-7-6-8-10-24)18-19-28(29)33-37-39-40-38-33/h6-10,12-15,18-21,26,30H,3-5,11,16-17,22H2,1-2H3,(H,36,42)(H,37,38,39,40)/t30-/m0/s1. The van der Waals surface area contributed by atoms with Crippen LogP contribution >= 0.6 is 0 Å². The molecule has 0 spiro atoms. The van der Waals surface area contributed by atoms with Gasteiger partial charge in [-0.15, -0.1) is 10.2 Å². The molecule has 5 aromatic rings. The van der Waals surface area contributed by atoms with Crippen LogP contribution in [0.3, 0.4) is 0 Å². The molecule has 6 rings (SSSR count). The lowest BCUT2D eigenvalue weighted by molar-refractivity contribution is 0.0921. The van der Waals surface area contributed by atoms with Crippen molar-refractivity contribution in [1.29, 1.82) is 0 Å². The first-order chi connectivity index (χ1) is 20.6. The first kappa shape index (κ1) is 27.6. The third-order valence-corrected chi connectivity index (χ3v) is 8.19. The van der Waals surface area contributed by atoms with E-state index in [4.69, 9.17) is 0 Å². The summed E-state index contributed by atoms with van der Waals surface area (Å²) in [6.07, 6.45) is 8.07. The molecule has 0 bridgehead atoms. The van der Waals surface area contributed by atoms with Gasteiger partial charge in [0.2, 0.25) is 5.82 Å². The Kier molecular flexibility index (Phi) is 8.21. The van der Waals surface area contributed by atoms with Gasteiger partial charge in [-0.3, -0.25) is 4.79 Å². The number of carbonyl (C=O) groups is 1. The number of hydrogen-bond acceptors (Lipinski definition) is 5. The van der Waals surface area contributed by atoms with Crippen LogP contribution in [0.25, 0.3) is 33.6 Å². The molecule has 1 aliphatic rings. The van der Waals surface area contributed by atoms with Crippen molar-refractivity contribution >= 4 is 5.91 Å². The number of imidazole rings is 1. The lowest BCUT2D eigenvalue weighted by Gasteiger charge is -2.18. The highest BCUT2D eigenvalue weighted by Crippen LogP contribution is 2.35. The van der Waals surface area contributed by atoms with Crippen LogP contribution in [0.15, 0.2) is 79.0 Å². The Bertz CT molecular complexity index is 1620. The largest absolute Gasteiger partial charge is 0.348 e. The number of aromatic nitrogens is 6. The fourth-order valence-electron chi connectivity index (χ4n) is 5.64. The summed E-state index contributed by atoms with van der Waals surface area (Å²) >= 11 is 0. The van der Waals surface area contributed by atoms with Crippen LogP contribution in [0.5, 0.6) is 0 Å². The highest BCUT2D eigenvalue weighted by molar-refractivity contribution is 5.93. The van der Waals surface area contributed by atoms with Gasteiger partial charge in [0.05, 0.1) is 6.20 Å². The summed E-state index contributed by atoms with van der Waals surface area (Å²) in [5.41, 5.74) is 7.01. The van der Waals surface area contributed by atoms with Crippen LogP contribution in [0.4, 0.5) is 0 Å². The number of carbonyl (C=O) groups excluding carboxylic acids is 1. The first-order valence-electron chi connectivity index (χ1n) is 15.0. The molecular weight excluding hydrogens is 522 g/mol. The number of nitrogens with one attached hydrogen (secondary N) is 2. The van der Waals surface area contributed by atoms with E-state index in [1.165, 1.54) is 12.8 Å². The van der Waals surface area contributed by atoms with Crippen LogP contribution in [0.1, 0.15) is 67.8 Å². The van der Waals surface area contributed by atoms with E-state index in [1.54, 1.807) is 6.20 Å². The molecule has 2 aromatic heterocycles. The molecular formula is C34H37N7O. The van der Waals surface area contributed by atoms with Gasteiger partial charge in [-0.05, 0) is 76.8 Å². The lowest BCUT2D eigenvalue weighted by atomic mass is 9.93. The normalized spacial score (nSPS) is 13.7. The van der Waals surface area contributed by atoms with Crippen molar-refractivity contribution in [2.75, 3.05) is 0 Å². The van der Waals surface area contributed by atoms with E-state index >= 15 is 0 Å². The minimum absolute atomic E-state index is 0.0249. The topological polar surface area (TPSA) is 101 Å². The highest BCUT2D eigenvalue weighted by atomic mass is 16.2. The van der Waals surface area contributed by atoms with Gasteiger partial charge in [0.1, 0.15) is 11.5 Å². The Morgan fingerprint density at radius 2 is 1.76 bits per heavy atom. The maximum Gasteiger partial charge on any atom is 0.269 e. The van der Waals surface area contributed by atoms with Gasteiger partial charge in [-0.2, -0.15) is 5.21 Å². The molecule has 0 radical (unpaired) electrons. The highest BCUT2D eigenvalue weighted by Gasteiger charge is 2.32. The zero-order valence-electron chi connectivity index (χ0n) is 24.3. The average molecular weight is 560 g/mol. The number of tetrazole rings is 1. The van der Waals surface area contributed by atoms with Gasteiger partial charge in [0.15, 0.2) is 0 Å². The fourth-order valence-corrected chi connectivity index (χ4v) is 5.64. The number of aryl methyl sites for hydroxylation is 1. The molecule has 1 atom stereocenters. The van der Waals surface area contributed by atoms with Gasteiger partial charge < -0.3 is 9.88 Å². The van der Waals surface area contributed by atoms with Gasteiger partial charge >= 0.3 is 0 Å². The minimum Gasteiger partial charge on any atom is -0.348 e. The van der Waals surface area contributed by atoms with Crippen LogP contribution < -0.4 is 5.32 Å². The number of aromatic amines is 1. The summed E-state index contributed by atoms with van der Waals surface area (Å²) in [5, 5.41) is 18.1. The maximum absolute atomic E-state index is 13.4.